The molecule has 0 saturated heterocycles. The van der Waals surface area contributed by atoms with Gasteiger partial charge in [-0.2, -0.15) is 8.78 Å². The molecule has 2 atom stereocenters. The van der Waals surface area contributed by atoms with E-state index in [1.807, 2.05) is 0 Å². The van der Waals surface area contributed by atoms with Crippen LogP contribution in [0.3, 0.4) is 0 Å². The Morgan fingerprint density at radius 1 is 1.58 bits per heavy atom. The van der Waals surface area contributed by atoms with Crippen LogP contribution >= 0.6 is 0 Å². The Labute approximate surface area is 68.0 Å². The van der Waals surface area contributed by atoms with E-state index in [1.165, 1.54) is 0 Å². The summed E-state index contributed by atoms with van der Waals surface area (Å²) < 4.78 is 53.2. The van der Waals surface area contributed by atoms with Crippen molar-refractivity contribution in [2.75, 3.05) is 6.67 Å². The molecule has 12 heavy (non-hydrogen) atoms. The number of hydrogen-bond donors (Lipinski definition) is 0. The zero-order valence-corrected chi connectivity index (χ0v) is 6.57. The summed E-state index contributed by atoms with van der Waals surface area (Å²) in [5, 5.41) is 0. The first-order valence-electron chi connectivity index (χ1n) is 3.30. The van der Waals surface area contributed by atoms with Crippen LogP contribution in [0.5, 0.6) is 0 Å². The van der Waals surface area contributed by atoms with Crippen molar-refractivity contribution in [2.24, 2.45) is 0 Å². The van der Waals surface area contributed by atoms with Crippen molar-refractivity contribution in [3.63, 3.8) is 0 Å². The summed E-state index contributed by atoms with van der Waals surface area (Å²) in [4.78, 5) is 0. The molecule has 0 rings (SSSR count). The number of rotatable bonds is 5. The van der Waals surface area contributed by atoms with Gasteiger partial charge in [0.2, 0.25) is 0 Å². The lowest BCUT2D eigenvalue weighted by atomic mass is 10.1. The van der Waals surface area contributed by atoms with Crippen LogP contribution < -0.4 is 0 Å². The van der Waals surface area contributed by atoms with Crippen molar-refractivity contribution in [3.8, 4) is 0 Å². The normalized spacial score (nSPS) is 16.8. The Kier molecular flexibility index (Phi) is 4.06. The van der Waals surface area contributed by atoms with Gasteiger partial charge in [-0.15, -0.1) is 0 Å². The maximum atomic E-state index is 12.5. The molecule has 0 aromatic heterocycles. The summed E-state index contributed by atoms with van der Waals surface area (Å²) in [6, 6.07) is 0. The summed E-state index contributed by atoms with van der Waals surface area (Å²) >= 11 is 0. The van der Waals surface area contributed by atoms with E-state index in [2.05, 4.69) is 11.3 Å². The minimum absolute atomic E-state index is 0.671. The predicted molar refractivity (Wildman–Crippen MR) is 36.6 cm³/mol. The molecule has 0 N–H and O–H groups in total. The van der Waals surface area contributed by atoms with Crippen molar-refractivity contribution in [1.82, 2.24) is 0 Å². The fourth-order valence-corrected chi connectivity index (χ4v) is 0.724. The summed E-state index contributed by atoms with van der Waals surface area (Å²) in [6.07, 6.45) is -3.38. The van der Waals surface area contributed by atoms with Gasteiger partial charge in [0.15, 0.2) is 12.8 Å². The summed E-state index contributed by atoms with van der Waals surface area (Å²) in [5.41, 5.74) is 0. The van der Waals surface area contributed by atoms with Crippen LogP contribution in [0.2, 0.25) is 0 Å². The van der Waals surface area contributed by atoms with E-state index < -0.39 is 24.9 Å². The monoisotopic (exact) mass is 186 g/mol. The van der Waals surface area contributed by atoms with E-state index in [4.69, 9.17) is 0 Å². The molecular formula is C7H10F4O. The van der Waals surface area contributed by atoms with Crippen molar-refractivity contribution in [1.29, 1.82) is 0 Å². The third-order valence-electron chi connectivity index (χ3n) is 1.25. The Morgan fingerprint density at radius 3 is 2.33 bits per heavy atom. The van der Waals surface area contributed by atoms with Gasteiger partial charge in [0.05, 0.1) is 6.26 Å². The van der Waals surface area contributed by atoms with Crippen LogP contribution in [0, 0.1) is 0 Å². The molecule has 0 spiro atoms. The number of hydrogen-bond acceptors (Lipinski definition) is 1. The third kappa shape index (κ3) is 2.71. The first-order valence-corrected chi connectivity index (χ1v) is 3.30. The molecular weight excluding hydrogens is 176 g/mol. The molecule has 72 valence electrons. The molecule has 0 aliphatic heterocycles. The molecule has 0 radical (unpaired) electrons. The minimum Gasteiger partial charge on any atom is -0.489 e. The lowest BCUT2D eigenvalue weighted by Gasteiger charge is -2.24. The first kappa shape index (κ1) is 11.3. The molecule has 0 bridgehead atoms. The molecule has 0 aromatic rings. The molecule has 0 heterocycles. The fraction of sp³-hybridized carbons (Fsp3) is 0.714. The Morgan fingerprint density at radius 2 is 2.08 bits per heavy atom. The zero-order valence-electron chi connectivity index (χ0n) is 6.57. The standard InChI is InChI=1S/C7H10F4O/c1-3-12-6(5(2)9)7(10,11)4-8/h3,5-6H,1,4H2,2H3. The van der Waals surface area contributed by atoms with Crippen molar-refractivity contribution in [3.05, 3.63) is 12.8 Å². The van der Waals surface area contributed by atoms with E-state index in [0.717, 1.165) is 6.92 Å². The second-order valence-corrected chi connectivity index (χ2v) is 2.30. The SMILES string of the molecule is C=COC(C(C)F)C(F)(F)CF. The molecule has 0 aromatic carbocycles. The average Bonchev–Trinajstić information content (AvgIpc) is 1.99. The summed E-state index contributed by atoms with van der Waals surface area (Å²) in [6.45, 7) is 1.91. The topological polar surface area (TPSA) is 9.23 Å². The Hall–Kier alpha value is -0.740. The van der Waals surface area contributed by atoms with Crippen LogP contribution in [0.15, 0.2) is 12.8 Å². The molecule has 2 unspecified atom stereocenters. The quantitative estimate of drug-likeness (QED) is 0.473. The van der Waals surface area contributed by atoms with E-state index in [0.29, 0.717) is 6.26 Å². The van der Waals surface area contributed by atoms with Crippen LogP contribution in [-0.2, 0) is 4.74 Å². The Balaban J connectivity index is 4.37. The molecule has 0 fully saturated rings. The lowest BCUT2D eigenvalue weighted by molar-refractivity contribution is -0.146. The highest BCUT2D eigenvalue weighted by atomic mass is 19.3. The molecule has 0 saturated carbocycles. The van der Waals surface area contributed by atoms with Gasteiger partial charge in [0.1, 0.15) is 6.17 Å². The molecule has 0 aliphatic carbocycles. The second kappa shape index (κ2) is 4.33. The van der Waals surface area contributed by atoms with Crippen LogP contribution in [0.4, 0.5) is 17.6 Å². The van der Waals surface area contributed by atoms with E-state index >= 15 is 0 Å². The van der Waals surface area contributed by atoms with Crippen molar-refractivity contribution in [2.45, 2.75) is 25.1 Å². The van der Waals surface area contributed by atoms with Gasteiger partial charge < -0.3 is 4.74 Å². The summed E-state index contributed by atoms with van der Waals surface area (Å²) in [5.74, 6) is -3.80. The number of ether oxygens (including phenoxy) is 1. The first-order chi connectivity index (χ1) is 5.45. The predicted octanol–water partition coefficient (Wildman–Crippen LogP) is 2.48. The maximum Gasteiger partial charge on any atom is 0.314 e. The lowest BCUT2D eigenvalue weighted by Crippen LogP contribution is -2.42. The highest BCUT2D eigenvalue weighted by Gasteiger charge is 2.45. The molecule has 5 heteroatoms. The highest BCUT2D eigenvalue weighted by molar-refractivity contribution is 4.83. The Bertz CT molecular complexity index is 146. The average molecular weight is 186 g/mol. The molecule has 1 nitrogen and oxygen atoms in total. The van der Waals surface area contributed by atoms with Crippen molar-refractivity contribution >= 4 is 0 Å². The zero-order chi connectivity index (χ0) is 9.78. The van der Waals surface area contributed by atoms with Gasteiger partial charge in [-0.1, -0.05) is 6.58 Å². The maximum absolute atomic E-state index is 12.5. The van der Waals surface area contributed by atoms with Crippen LogP contribution in [0.25, 0.3) is 0 Å². The van der Waals surface area contributed by atoms with E-state index in [9.17, 15) is 17.6 Å². The van der Waals surface area contributed by atoms with Crippen LogP contribution in [0.1, 0.15) is 6.92 Å². The van der Waals surface area contributed by atoms with Gasteiger partial charge in [0.25, 0.3) is 0 Å². The number of alkyl halides is 4. The van der Waals surface area contributed by atoms with Gasteiger partial charge in [-0.05, 0) is 6.92 Å². The minimum atomic E-state index is -3.80. The van der Waals surface area contributed by atoms with Gasteiger partial charge >= 0.3 is 5.92 Å². The summed E-state index contributed by atoms with van der Waals surface area (Å²) in [7, 11) is 0. The molecule has 0 amide bonds. The van der Waals surface area contributed by atoms with Gasteiger partial charge in [-0.3, -0.25) is 0 Å². The van der Waals surface area contributed by atoms with Gasteiger partial charge in [-0.25, -0.2) is 8.78 Å². The third-order valence-corrected chi connectivity index (χ3v) is 1.25. The van der Waals surface area contributed by atoms with E-state index in [-0.39, 0.29) is 0 Å². The van der Waals surface area contributed by atoms with Crippen molar-refractivity contribution < 1.29 is 22.3 Å². The second-order valence-electron chi connectivity index (χ2n) is 2.30. The number of halogens is 4. The fourth-order valence-electron chi connectivity index (χ4n) is 0.724. The molecule has 0 aliphatic rings. The van der Waals surface area contributed by atoms with Crippen LogP contribution in [-0.4, -0.2) is 24.9 Å². The smallest absolute Gasteiger partial charge is 0.314 e. The van der Waals surface area contributed by atoms with E-state index in [1.54, 1.807) is 0 Å². The highest BCUT2D eigenvalue weighted by Crippen LogP contribution is 2.26. The largest absolute Gasteiger partial charge is 0.489 e. The van der Waals surface area contributed by atoms with Gasteiger partial charge in [0, 0.05) is 0 Å².